The highest BCUT2D eigenvalue weighted by Crippen LogP contribution is 2.28. The van der Waals surface area contributed by atoms with Crippen LogP contribution < -0.4 is 5.32 Å². The number of hydrogen-bond donors (Lipinski definition) is 1. The van der Waals surface area contributed by atoms with Gasteiger partial charge in [-0.15, -0.1) is 0 Å². The zero-order valence-electron chi connectivity index (χ0n) is 11.8. The molecule has 0 aromatic heterocycles. The van der Waals surface area contributed by atoms with Crippen molar-refractivity contribution in [3.05, 3.63) is 34.1 Å². The Balaban J connectivity index is 2.77. The molecule has 1 N–H and O–H groups in total. The lowest BCUT2D eigenvalue weighted by molar-refractivity contribution is 0.500. The summed E-state index contributed by atoms with van der Waals surface area (Å²) in [5.41, 5.74) is 0.834. The van der Waals surface area contributed by atoms with Crippen LogP contribution in [0.3, 0.4) is 0 Å². The maximum Gasteiger partial charge on any atom is 0.150 e. The van der Waals surface area contributed by atoms with Crippen LogP contribution in [0.25, 0.3) is 0 Å². The molecule has 1 atom stereocenters. The van der Waals surface area contributed by atoms with E-state index in [1.807, 2.05) is 13.0 Å². The first-order valence-corrected chi connectivity index (χ1v) is 9.40. The summed E-state index contributed by atoms with van der Waals surface area (Å²) in [4.78, 5) is 0. The molecule has 0 aliphatic heterocycles. The van der Waals surface area contributed by atoms with Crippen molar-refractivity contribution in [3.8, 4) is 0 Å². The molecule has 0 saturated heterocycles. The molecule has 20 heavy (non-hydrogen) atoms. The van der Waals surface area contributed by atoms with Gasteiger partial charge in [-0.3, -0.25) is 0 Å². The van der Waals surface area contributed by atoms with E-state index in [-0.39, 0.29) is 23.4 Å². The van der Waals surface area contributed by atoms with Crippen molar-refractivity contribution < 1.29 is 12.8 Å². The SMILES string of the molecule is CCNC(CCCS(=O)(=O)CC)c1cccc(F)c1Br. The number of rotatable bonds is 8. The van der Waals surface area contributed by atoms with Gasteiger partial charge in [0, 0.05) is 11.8 Å². The lowest BCUT2D eigenvalue weighted by Crippen LogP contribution is -2.22. The number of hydrogen-bond acceptors (Lipinski definition) is 3. The van der Waals surface area contributed by atoms with E-state index in [0.717, 1.165) is 12.1 Å². The Hall–Kier alpha value is -0.460. The van der Waals surface area contributed by atoms with Crippen LogP contribution in [0.15, 0.2) is 22.7 Å². The van der Waals surface area contributed by atoms with Crippen LogP contribution in [0, 0.1) is 5.82 Å². The molecule has 0 aliphatic carbocycles. The minimum atomic E-state index is -2.94. The summed E-state index contributed by atoms with van der Waals surface area (Å²) >= 11 is 3.26. The predicted octanol–water partition coefficient (Wildman–Crippen LogP) is 3.45. The zero-order valence-corrected chi connectivity index (χ0v) is 14.2. The molecule has 1 rings (SSSR count). The molecule has 0 amide bonds. The Kier molecular flexibility index (Phi) is 7.12. The van der Waals surface area contributed by atoms with Gasteiger partial charge in [0.05, 0.1) is 10.2 Å². The molecule has 0 spiro atoms. The molecule has 0 heterocycles. The van der Waals surface area contributed by atoms with E-state index in [4.69, 9.17) is 0 Å². The second-order valence-corrected chi connectivity index (χ2v) is 7.90. The van der Waals surface area contributed by atoms with Gasteiger partial charge in [-0.05, 0) is 46.9 Å². The van der Waals surface area contributed by atoms with Crippen LogP contribution in [0.4, 0.5) is 4.39 Å². The third-order valence-corrected chi connectivity index (χ3v) is 5.82. The summed E-state index contributed by atoms with van der Waals surface area (Å²) in [6.45, 7) is 4.37. The van der Waals surface area contributed by atoms with Crippen LogP contribution in [-0.4, -0.2) is 26.5 Å². The summed E-state index contributed by atoms with van der Waals surface area (Å²) < 4.78 is 37.0. The molecule has 1 aromatic rings. The monoisotopic (exact) mass is 365 g/mol. The Labute approximate surface area is 129 Å². The minimum absolute atomic E-state index is 0.0443. The number of benzene rings is 1. The van der Waals surface area contributed by atoms with Gasteiger partial charge in [-0.25, -0.2) is 12.8 Å². The van der Waals surface area contributed by atoms with Crippen LogP contribution in [-0.2, 0) is 9.84 Å². The fourth-order valence-corrected chi connectivity index (χ4v) is 3.49. The molecule has 1 unspecified atom stereocenters. The van der Waals surface area contributed by atoms with Gasteiger partial charge < -0.3 is 5.32 Å². The minimum Gasteiger partial charge on any atom is -0.310 e. The lowest BCUT2D eigenvalue weighted by atomic mass is 10.0. The fraction of sp³-hybridized carbons (Fsp3) is 0.571. The van der Waals surface area contributed by atoms with E-state index in [2.05, 4.69) is 21.2 Å². The van der Waals surface area contributed by atoms with E-state index in [9.17, 15) is 12.8 Å². The van der Waals surface area contributed by atoms with Crippen molar-refractivity contribution in [2.75, 3.05) is 18.1 Å². The highest BCUT2D eigenvalue weighted by Gasteiger charge is 2.17. The summed E-state index contributed by atoms with van der Waals surface area (Å²) in [5, 5.41) is 3.28. The third kappa shape index (κ3) is 5.14. The van der Waals surface area contributed by atoms with E-state index >= 15 is 0 Å². The van der Waals surface area contributed by atoms with E-state index in [1.54, 1.807) is 13.0 Å². The van der Waals surface area contributed by atoms with Gasteiger partial charge in [0.2, 0.25) is 0 Å². The smallest absolute Gasteiger partial charge is 0.150 e. The highest BCUT2D eigenvalue weighted by atomic mass is 79.9. The molecule has 114 valence electrons. The van der Waals surface area contributed by atoms with Gasteiger partial charge in [0.1, 0.15) is 15.7 Å². The average molecular weight is 366 g/mol. The topological polar surface area (TPSA) is 46.2 Å². The van der Waals surface area contributed by atoms with E-state index in [1.165, 1.54) is 6.07 Å². The second kappa shape index (κ2) is 8.10. The van der Waals surface area contributed by atoms with Crippen LogP contribution in [0.2, 0.25) is 0 Å². The predicted molar refractivity (Wildman–Crippen MR) is 84.1 cm³/mol. The van der Waals surface area contributed by atoms with Gasteiger partial charge in [0.25, 0.3) is 0 Å². The van der Waals surface area contributed by atoms with Crippen molar-refractivity contribution in [1.29, 1.82) is 0 Å². The quantitative estimate of drug-likeness (QED) is 0.767. The molecular formula is C14H21BrFNO2S. The van der Waals surface area contributed by atoms with Crippen LogP contribution >= 0.6 is 15.9 Å². The van der Waals surface area contributed by atoms with Gasteiger partial charge in [-0.1, -0.05) is 26.0 Å². The summed E-state index contributed by atoms with van der Waals surface area (Å²) in [6, 6.07) is 4.88. The van der Waals surface area contributed by atoms with Gasteiger partial charge in [0.15, 0.2) is 0 Å². The Morgan fingerprint density at radius 1 is 1.35 bits per heavy atom. The number of nitrogens with one attached hydrogen (secondary N) is 1. The zero-order chi connectivity index (χ0) is 15.2. The standard InChI is InChI=1S/C14H21BrFNO2S/c1-3-17-13(9-6-10-20(18,19)4-2)11-7-5-8-12(16)14(11)15/h5,7-8,13,17H,3-4,6,9-10H2,1-2H3. The first-order chi connectivity index (χ1) is 9.41. The summed E-state index contributed by atoms with van der Waals surface area (Å²) in [7, 11) is -2.94. The molecule has 0 saturated carbocycles. The molecule has 6 heteroatoms. The number of halogens is 2. The van der Waals surface area contributed by atoms with Crippen molar-refractivity contribution in [2.45, 2.75) is 32.7 Å². The molecule has 0 aliphatic rings. The van der Waals surface area contributed by atoms with E-state index < -0.39 is 9.84 Å². The lowest BCUT2D eigenvalue weighted by Gasteiger charge is -2.20. The maximum absolute atomic E-state index is 13.6. The normalized spacial score (nSPS) is 13.4. The Morgan fingerprint density at radius 2 is 2.05 bits per heavy atom. The summed E-state index contributed by atoms with van der Waals surface area (Å²) in [6.07, 6.45) is 1.23. The molecule has 1 aromatic carbocycles. The van der Waals surface area contributed by atoms with Crippen molar-refractivity contribution in [3.63, 3.8) is 0 Å². The number of sulfone groups is 1. The van der Waals surface area contributed by atoms with Crippen molar-refractivity contribution >= 4 is 25.8 Å². The largest absolute Gasteiger partial charge is 0.310 e. The fourth-order valence-electron chi connectivity index (χ4n) is 2.06. The second-order valence-electron chi connectivity index (χ2n) is 4.63. The third-order valence-electron chi connectivity index (χ3n) is 3.20. The van der Waals surface area contributed by atoms with Gasteiger partial charge >= 0.3 is 0 Å². The average Bonchev–Trinajstić information content (AvgIpc) is 2.41. The highest BCUT2D eigenvalue weighted by molar-refractivity contribution is 9.10. The molecule has 0 radical (unpaired) electrons. The Bertz CT molecular complexity index is 534. The molecule has 0 fully saturated rings. The van der Waals surface area contributed by atoms with E-state index in [0.29, 0.717) is 17.3 Å². The molecule has 0 bridgehead atoms. The van der Waals surface area contributed by atoms with Crippen molar-refractivity contribution in [1.82, 2.24) is 5.32 Å². The maximum atomic E-state index is 13.6. The van der Waals surface area contributed by atoms with Crippen LogP contribution in [0.1, 0.15) is 38.3 Å². The Morgan fingerprint density at radius 3 is 2.65 bits per heavy atom. The first-order valence-electron chi connectivity index (χ1n) is 6.79. The van der Waals surface area contributed by atoms with Crippen molar-refractivity contribution in [2.24, 2.45) is 0 Å². The molecular weight excluding hydrogens is 345 g/mol. The first kappa shape index (κ1) is 17.6. The molecule has 3 nitrogen and oxygen atoms in total. The van der Waals surface area contributed by atoms with Crippen LogP contribution in [0.5, 0.6) is 0 Å². The van der Waals surface area contributed by atoms with Gasteiger partial charge in [-0.2, -0.15) is 0 Å². The summed E-state index contributed by atoms with van der Waals surface area (Å²) in [5.74, 6) is 0.0486.